The first-order valence-electron chi connectivity index (χ1n) is 11.9. The van der Waals surface area contributed by atoms with Gasteiger partial charge in [0.1, 0.15) is 25.1 Å². The number of alkyl halides is 1. The molecule has 2 saturated heterocycles. The van der Waals surface area contributed by atoms with Gasteiger partial charge in [-0.15, -0.1) is 10.2 Å². The number of hydrogen-bond donors (Lipinski definition) is 2. The van der Waals surface area contributed by atoms with E-state index in [1.807, 2.05) is 11.9 Å². The van der Waals surface area contributed by atoms with E-state index in [4.69, 9.17) is 9.47 Å². The van der Waals surface area contributed by atoms with E-state index in [0.29, 0.717) is 53.7 Å². The molecule has 182 valence electrons. The predicted octanol–water partition coefficient (Wildman–Crippen LogP) is 2.53. The van der Waals surface area contributed by atoms with Crippen molar-refractivity contribution >= 4 is 5.82 Å². The fourth-order valence-electron chi connectivity index (χ4n) is 5.13. The minimum absolute atomic E-state index is 0.0166. The Morgan fingerprint density at radius 1 is 1.09 bits per heavy atom. The van der Waals surface area contributed by atoms with Gasteiger partial charge in [-0.05, 0) is 31.4 Å². The first kappa shape index (κ1) is 21.9. The van der Waals surface area contributed by atoms with Crippen LogP contribution in [0.15, 0.2) is 30.6 Å². The molecule has 6 rings (SSSR count). The number of nitrogens with zero attached hydrogens (tertiary/aromatic N) is 6. The van der Waals surface area contributed by atoms with Crippen molar-refractivity contribution in [1.82, 2.24) is 30.5 Å². The molecule has 0 unspecified atom stereocenters. The second kappa shape index (κ2) is 8.88. The first-order valence-corrected chi connectivity index (χ1v) is 11.9. The number of aromatic nitrogens is 5. The largest absolute Gasteiger partial charge is 0.507 e. The van der Waals surface area contributed by atoms with Crippen molar-refractivity contribution in [3.8, 4) is 40.2 Å². The number of rotatable bonds is 4. The topological polar surface area (TPSA) is 118 Å². The van der Waals surface area contributed by atoms with Crippen molar-refractivity contribution in [2.75, 3.05) is 25.2 Å². The van der Waals surface area contributed by atoms with E-state index in [1.165, 1.54) is 0 Å². The number of nitrogens with one attached hydrogen (secondary N) is 1. The van der Waals surface area contributed by atoms with E-state index in [-0.39, 0.29) is 23.7 Å². The Bertz CT molecular complexity index is 1230. The zero-order valence-corrected chi connectivity index (χ0v) is 19.3. The molecule has 0 radical (unpaired) electrons. The highest BCUT2D eigenvalue weighted by atomic mass is 19.1. The summed E-state index contributed by atoms with van der Waals surface area (Å²) >= 11 is 0. The molecule has 0 aliphatic carbocycles. The lowest BCUT2D eigenvalue weighted by Gasteiger charge is -2.45. The second-order valence-electron chi connectivity index (χ2n) is 9.19. The highest BCUT2D eigenvalue weighted by Gasteiger charge is 2.42. The summed E-state index contributed by atoms with van der Waals surface area (Å²) < 4.78 is 26.0. The fourth-order valence-corrected chi connectivity index (χ4v) is 5.13. The van der Waals surface area contributed by atoms with Gasteiger partial charge in [-0.2, -0.15) is 0 Å². The van der Waals surface area contributed by atoms with Crippen LogP contribution in [0.25, 0.3) is 22.6 Å². The van der Waals surface area contributed by atoms with Crippen molar-refractivity contribution in [3.05, 3.63) is 30.6 Å². The third kappa shape index (κ3) is 4.09. The van der Waals surface area contributed by atoms with Crippen LogP contribution in [0, 0.1) is 0 Å². The number of anilines is 1. The monoisotopic (exact) mass is 479 g/mol. The quantitative estimate of drug-likeness (QED) is 0.578. The van der Waals surface area contributed by atoms with Gasteiger partial charge in [0.25, 0.3) is 11.8 Å². The molecule has 5 heterocycles. The number of piperidine rings is 2. The predicted molar refractivity (Wildman–Crippen MR) is 125 cm³/mol. The van der Waals surface area contributed by atoms with Gasteiger partial charge >= 0.3 is 0 Å². The lowest BCUT2D eigenvalue weighted by atomic mass is 9.82. The average molecular weight is 480 g/mol. The maximum absolute atomic E-state index is 15.1. The molecule has 0 spiro atoms. The number of hydrogen-bond acceptors (Lipinski definition) is 10. The number of phenols is 1. The summed E-state index contributed by atoms with van der Waals surface area (Å²) in [5.41, 5.74) is 1.63. The molecule has 2 aromatic heterocycles. The summed E-state index contributed by atoms with van der Waals surface area (Å²) in [6.45, 7) is 0.849. The Labute approximate surface area is 201 Å². The van der Waals surface area contributed by atoms with Crippen molar-refractivity contribution in [3.63, 3.8) is 0 Å². The van der Waals surface area contributed by atoms with Crippen LogP contribution >= 0.6 is 0 Å². The van der Waals surface area contributed by atoms with Crippen LogP contribution in [0.2, 0.25) is 0 Å². The first-order chi connectivity index (χ1) is 17.1. The van der Waals surface area contributed by atoms with Crippen LogP contribution in [-0.2, 0) is 0 Å². The average Bonchev–Trinajstić information content (AvgIpc) is 2.90. The van der Waals surface area contributed by atoms with Gasteiger partial charge in [0.15, 0.2) is 11.6 Å². The maximum Gasteiger partial charge on any atom is 0.278 e. The zero-order valence-electron chi connectivity index (χ0n) is 19.3. The molecular formula is C24H26FN7O3. The summed E-state index contributed by atoms with van der Waals surface area (Å²) in [5.74, 6) is 1.45. The lowest BCUT2D eigenvalue weighted by Crippen LogP contribution is -2.61. The highest BCUT2D eigenvalue weighted by molar-refractivity contribution is 5.71. The molecule has 2 bridgehead atoms. The Kier molecular flexibility index (Phi) is 5.56. The molecule has 2 fully saturated rings. The summed E-state index contributed by atoms with van der Waals surface area (Å²) in [6, 6.07) is 5.02. The third-order valence-electron chi connectivity index (χ3n) is 7.01. The van der Waals surface area contributed by atoms with Crippen LogP contribution in [0.3, 0.4) is 0 Å². The van der Waals surface area contributed by atoms with Gasteiger partial charge in [-0.1, -0.05) is 12.5 Å². The van der Waals surface area contributed by atoms with E-state index in [9.17, 15) is 5.11 Å². The van der Waals surface area contributed by atoms with Gasteiger partial charge < -0.3 is 24.8 Å². The Morgan fingerprint density at radius 2 is 1.94 bits per heavy atom. The van der Waals surface area contributed by atoms with E-state index < -0.39 is 6.17 Å². The van der Waals surface area contributed by atoms with Gasteiger partial charge in [-0.3, -0.25) is 0 Å². The van der Waals surface area contributed by atoms with Crippen molar-refractivity contribution in [2.45, 2.75) is 50.0 Å². The van der Waals surface area contributed by atoms with Crippen LogP contribution in [0.4, 0.5) is 10.2 Å². The molecule has 3 aromatic rings. The maximum atomic E-state index is 15.1. The zero-order chi connectivity index (χ0) is 23.9. The van der Waals surface area contributed by atoms with E-state index in [0.717, 1.165) is 25.7 Å². The Morgan fingerprint density at radius 3 is 2.74 bits per heavy atom. The molecule has 10 nitrogen and oxygen atoms in total. The standard InChI is InChI=1S/C24H26FN7O3/c1-32(18-10-14-3-2-4-16(28-14)21(18)25)20-12-26-22(31-30-20)15-6-5-13(9-19(15)33)17-11-27-23-24(29-17)35-8-7-34-23/h5-6,9,11-12,14,16,18,21,28,33H,2-4,7-8,10H2,1H3/t14-,16-,18-,21+/m0/s1. The van der Waals surface area contributed by atoms with Crippen molar-refractivity contribution in [1.29, 1.82) is 0 Å². The van der Waals surface area contributed by atoms with Crippen molar-refractivity contribution in [2.24, 2.45) is 0 Å². The minimum atomic E-state index is -0.974. The number of ether oxygens (including phenoxy) is 2. The SMILES string of the molecule is CN(c1cnc(-c2ccc(-c3cnc4c(n3)OCCO4)cc2O)nn1)[C@H]1C[C@@H]2CCC[C@H](N2)[C@H]1F. The summed E-state index contributed by atoms with van der Waals surface area (Å²) in [5, 5.41) is 22.6. The molecule has 11 heteroatoms. The van der Waals surface area contributed by atoms with E-state index in [1.54, 1.807) is 30.6 Å². The number of aromatic hydroxyl groups is 1. The van der Waals surface area contributed by atoms with E-state index in [2.05, 4.69) is 30.5 Å². The second-order valence-corrected chi connectivity index (χ2v) is 9.19. The number of phenolic OH excluding ortho intramolecular Hbond substituents is 1. The molecule has 3 aliphatic rings. The van der Waals surface area contributed by atoms with Gasteiger partial charge in [0, 0.05) is 24.7 Å². The van der Waals surface area contributed by atoms with E-state index >= 15 is 4.39 Å². The highest BCUT2D eigenvalue weighted by Crippen LogP contribution is 2.35. The van der Waals surface area contributed by atoms with Gasteiger partial charge in [0.05, 0.1) is 29.7 Å². The van der Waals surface area contributed by atoms with Crippen LogP contribution in [0.5, 0.6) is 17.5 Å². The summed E-state index contributed by atoms with van der Waals surface area (Å²) in [4.78, 5) is 14.9. The Hall–Kier alpha value is -3.60. The third-order valence-corrected chi connectivity index (χ3v) is 7.01. The van der Waals surface area contributed by atoms with Gasteiger partial charge in [0.2, 0.25) is 0 Å². The Balaban J connectivity index is 1.21. The summed E-state index contributed by atoms with van der Waals surface area (Å²) in [7, 11) is 1.84. The molecule has 1 aromatic carbocycles. The van der Waals surface area contributed by atoms with Crippen LogP contribution in [-0.4, -0.2) is 74.8 Å². The molecule has 3 aliphatic heterocycles. The number of benzene rings is 1. The molecule has 0 amide bonds. The molecule has 2 N–H and O–H groups in total. The van der Waals surface area contributed by atoms with Gasteiger partial charge in [-0.25, -0.2) is 19.3 Å². The molecule has 35 heavy (non-hydrogen) atoms. The smallest absolute Gasteiger partial charge is 0.278 e. The van der Waals surface area contributed by atoms with Crippen LogP contribution in [0.1, 0.15) is 25.7 Å². The van der Waals surface area contributed by atoms with Crippen molar-refractivity contribution < 1.29 is 19.0 Å². The molecule has 0 saturated carbocycles. The molecular weight excluding hydrogens is 453 g/mol. The molecule has 4 atom stereocenters. The number of fused-ring (bicyclic) bond motifs is 3. The normalized spacial score (nSPS) is 25.2. The van der Waals surface area contributed by atoms with Crippen LogP contribution < -0.4 is 19.7 Å². The minimum Gasteiger partial charge on any atom is -0.507 e. The summed E-state index contributed by atoms with van der Waals surface area (Å²) in [6.07, 6.45) is 5.89. The fraction of sp³-hybridized carbons (Fsp3) is 0.458. The lowest BCUT2D eigenvalue weighted by molar-refractivity contribution is 0.107. The number of halogens is 1.